The van der Waals surface area contributed by atoms with E-state index in [1.165, 1.54) is 0 Å². The molecule has 0 unspecified atom stereocenters. The molecule has 23 heavy (non-hydrogen) atoms. The third-order valence-corrected chi connectivity index (χ3v) is 3.96. The highest BCUT2D eigenvalue weighted by molar-refractivity contribution is 6.02. The lowest BCUT2D eigenvalue weighted by Crippen LogP contribution is -2.17. The molecule has 2 aromatic carbocycles. The molecule has 3 nitrogen and oxygen atoms in total. The van der Waals surface area contributed by atoms with Crippen molar-refractivity contribution < 1.29 is 9.53 Å². The lowest BCUT2D eigenvalue weighted by atomic mass is 9.97. The Hall–Kier alpha value is -2.42. The number of rotatable bonds is 4. The second-order valence-electron chi connectivity index (χ2n) is 6.42. The molecule has 0 saturated heterocycles. The number of ketones is 1. The van der Waals surface area contributed by atoms with Crippen LogP contribution in [0.15, 0.2) is 53.5 Å². The van der Waals surface area contributed by atoms with E-state index in [0.717, 1.165) is 22.3 Å². The second kappa shape index (κ2) is 5.99. The van der Waals surface area contributed by atoms with E-state index in [-0.39, 0.29) is 11.3 Å². The zero-order valence-electron chi connectivity index (χ0n) is 13.8. The number of hydrogen-bond acceptors (Lipinski definition) is 3. The minimum absolute atomic E-state index is 0.162. The van der Waals surface area contributed by atoms with Gasteiger partial charge in [-0.25, -0.2) is 4.99 Å². The molecule has 0 amide bonds. The zero-order valence-corrected chi connectivity index (χ0v) is 13.8. The van der Waals surface area contributed by atoms with Crippen LogP contribution in [0, 0.1) is 0 Å². The van der Waals surface area contributed by atoms with Crippen molar-refractivity contribution in [3.8, 4) is 11.1 Å². The fourth-order valence-electron chi connectivity index (χ4n) is 2.68. The van der Waals surface area contributed by atoms with Gasteiger partial charge in [0.15, 0.2) is 5.78 Å². The van der Waals surface area contributed by atoms with Gasteiger partial charge in [-0.3, -0.25) is 4.79 Å². The number of carbonyl (C=O) groups excluding carboxylic acids is 1. The summed E-state index contributed by atoms with van der Waals surface area (Å²) in [7, 11) is 0. The van der Waals surface area contributed by atoms with Gasteiger partial charge in [0.25, 0.3) is 0 Å². The van der Waals surface area contributed by atoms with Crippen LogP contribution in [0.25, 0.3) is 11.1 Å². The molecule has 0 fully saturated rings. The summed E-state index contributed by atoms with van der Waals surface area (Å²) < 4.78 is 5.79. The van der Waals surface area contributed by atoms with Gasteiger partial charge in [0.1, 0.15) is 6.61 Å². The van der Waals surface area contributed by atoms with Crippen LogP contribution >= 0.6 is 0 Å². The molecule has 0 spiro atoms. The highest BCUT2D eigenvalue weighted by atomic mass is 16.5. The van der Waals surface area contributed by atoms with Crippen LogP contribution in [0.3, 0.4) is 0 Å². The van der Waals surface area contributed by atoms with Crippen LogP contribution < -0.4 is 0 Å². The Balaban J connectivity index is 2.00. The zero-order chi connectivity index (χ0) is 16.4. The standard InChI is InChI=1S/C20H21NO2/c1-4-18(22)15-11-9-14(10-12-15)16-7-5-6-8-17(16)19-21-20(2,3)13-23-19/h5-12H,4,13H2,1-3H3. The van der Waals surface area contributed by atoms with Gasteiger partial charge in [0.05, 0.1) is 5.54 Å². The van der Waals surface area contributed by atoms with Gasteiger partial charge >= 0.3 is 0 Å². The average molecular weight is 307 g/mol. The Bertz CT molecular complexity index is 757. The molecule has 0 aromatic heterocycles. The largest absolute Gasteiger partial charge is 0.475 e. The predicted octanol–water partition coefficient (Wildman–Crippen LogP) is 4.50. The summed E-state index contributed by atoms with van der Waals surface area (Å²) in [4.78, 5) is 16.4. The molecule has 3 heteroatoms. The number of hydrogen-bond donors (Lipinski definition) is 0. The van der Waals surface area contributed by atoms with Gasteiger partial charge in [0, 0.05) is 17.5 Å². The maximum atomic E-state index is 11.8. The first-order valence-corrected chi connectivity index (χ1v) is 7.96. The smallest absolute Gasteiger partial charge is 0.217 e. The van der Waals surface area contributed by atoms with Gasteiger partial charge in [-0.1, -0.05) is 49.4 Å². The van der Waals surface area contributed by atoms with E-state index in [2.05, 4.69) is 24.9 Å². The van der Waals surface area contributed by atoms with E-state index in [1.807, 2.05) is 49.4 Å². The SMILES string of the molecule is CCC(=O)c1ccc(-c2ccccc2C2=NC(C)(C)CO2)cc1. The fraction of sp³-hybridized carbons (Fsp3) is 0.300. The van der Waals surface area contributed by atoms with Gasteiger partial charge in [-0.15, -0.1) is 0 Å². The molecule has 0 aliphatic carbocycles. The average Bonchev–Trinajstić information content (AvgIpc) is 2.94. The Kier molecular flexibility index (Phi) is 4.03. The summed E-state index contributed by atoms with van der Waals surface area (Å²) in [6.07, 6.45) is 0.523. The number of Topliss-reactive ketones (excluding diaryl/α,β-unsaturated/α-hetero) is 1. The maximum Gasteiger partial charge on any atom is 0.217 e. The summed E-state index contributed by atoms with van der Waals surface area (Å²) in [5.41, 5.74) is 3.69. The van der Waals surface area contributed by atoms with Crippen molar-refractivity contribution in [3.63, 3.8) is 0 Å². The molecule has 0 bridgehead atoms. The summed E-state index contributed by atoms with van der Waals surface area (Å²) in [5.74, 6) is 0.856. The molecule has 1 aliphatic heterocycles. The molecule has 0 N–H and O–H groups in total. The molecular formula is C20H21NO2. The molecule has 3 rings (SSSR count). The van der Waals surface area contributed by atoms with E-state index in [0.29, 0.717) is 18.9 Å². The number of ether oxygens (including phenoxy) is 1. The Morgan fingerprint density at radius 1 is 1.09 bits per heavy atom. The van der Waals surface area contributed by atoms with Crippen molar-refractivity contribution >= 4 is 11.7 Å². The normalized spacial score (nSPS) is 15.9. The first-order chi connectivity index (χ1) is 11.0. The Labute approximate surface area is 137 Å². The molecule has 0 atom stereocenters. The van der Waals surface area contributed by atoms with E-state index in [4.69, 9.17) is 4.74 Å². The second-order valence-corrected chi connectivity index (χ2v) is 6.42. The van der Waals surface area contributed by atoms with Crippen molar-refractivity contribution in [1.82, 2.24) is 0 Å². The highest BCUT2D eigenvalue weighted by Gasteiger charge is 2.28. The minimum Gasteiger partial charge on any atom is -0.475 e. The summed E-state index contributed by atoms with van der Waals surface area (Å²) >= 11 is 0. The highest BCUT2D eigenvalue weighted by Crippen LogP contribution is 2.29. The minimum atomic E-state index is -0.181. The fourth-order valence-corrected chi connectivity index (χ4v) is 2.68. The molecule has 2 aromatic rings. The monoisotopic (exact) mass is 307 g/mol. The van der Waals surface area contributed by atoms with E-state index in [1.54, 1.807) is 0 Å². The molecule has 0 saturated carbocycles. The Morgan fingerprint density at radius 2 is 1.74 bits per heavy atom. The van der Waals surface area contributed by atoms with Crippen LogP contribution in [0.4, 0.5) is 0 Å². The van der Waals surface area contributed by atoms with Crippen molar-refractivity contribution in [2.45, 2.75) is 32.7 Å². The summed E-state index contributed by atoms with van der Waals surface area (Å²) in [6.45, 7) is 6.60. The predicted molar refractivity (Wildman–Crippen MR) is 93.1 cm³/mol. The third-order valence-electron chi connectivity index (χ3n) is 3.96. The van der Waals surface area contributed by atoms with Crippen LogP contribution in [0.2, 0.25) is 0 Å². The Morgan fingerprint density at radius 3 is 2.30 bits per heavy atom. The van der Waals surface area contributed by atoms with E-state index >= 15 is 0 Å². The number of benzene rings is 2. The van der Waals surface area contributed by atoms with Crippen LogP contribution in [0.5, 0.6) is 0 Å². The quantitative estimate of drug-likeness (QED) is 0.780. The lowest BCUT2D eigenvalue weighted by Gasteiger charge is -2.10. The lowest BCUT2D eigenvalue weighted by molar-refractivity contribution is 0.0988. The van der Waals surface area contributed by atoms with Crippen molar-refractivity contribution in [2.75, 3.05) is 6.61 Å². The topological polar surface area (TPSA) is 38.7 Å². The first-order valence-electron chi connectivity index (χ1n) is 7.96. The molecule has 118 valence electrons. The van der Waals surface area contributed by atoms with Crippen molar-refractivity contribution in [1.29, 1.82) is 0 Å². The number of nitrogens with zero attached hydrogens (tertiary/aromatic N) is 1. The van der Waals surface area contributed by atoms with Gasteiger partial charge in [0.2, 0.25) is 5.90 Å². The molecule has 0 radical (unpaired) electrons. The van der Waals surface area contributed by atoms with E-state index in [9.17, 15) is 4.79 Å². The maximum absolute atomic E-state index is 11.8. The van der Waals surface area contributed by atoms with Gasteiger partial charge in [-0.2, -0.15) is 0 Å². The van der Waals surface area contributed by atoms with Crippen LogP contribution in [0.1, 0.15) is 43.1 Å². The van der Waals surface area contributed by atoms with Gasteiger partial charge < -0.3 is 4.74 Å². The van der Waals surface area contributed by atoms with Crippen LogP contribution in [-0.2, 0) is 4.74 Å². The van der Waals surface area contributed by atoms with Gasteiger partial charge in [-0.05, 0) is 31.0 Å². The molecular weight excluding hydrogens is 286 g/mol. The van der Waals surface area contributed by atoms with Crippen molar-refractivity contribution in [2.24, 2.45) is 4.99 Å². The first kappa shape index (κ1) is 15.5. The third kappa shape index (κ3) is 3.19. The van der Waals surface area contributed by atoms with Crippen molar-refractivity contribution in [3.05, 3.63) is 59.7 Å². The summed E-state index contributed by atoms with van der Waals surface area (Å²) in [5, 5.41) is 0. The molecule has 1 heterocycles. The number of aliphatic imine (C=N–C) groups is 1. The summed E-state index contributed by atoms with van der Waals surface area (Å²) in [6, 6.07) is 15.8. The van der Waals surface area contributed by atoms with Crippen LogP contribution in [-0.4, -0.2) is 23.8 Å². The van der Waals surface area contributed by atoms with E-state index < -0.39 is 0 Å². The number of carbonyl (C=O) groups is 1. The molecule has 1 aliphatic rings.